The lowest BCUT2D eigenvalue weighted by molar-refractivity contribution is -0.364. The molecule has 0 bridgehead atoms. The fraction of sp³-hybridized carbons (Fsp3) is 0.571. The molecule has 0 unspecified atom stereocenters. The summed E-state index contributed by atoms with van der Waals surface area (Å²) in [4.78, 5) is 0. The molecule has 1 aromatic rings. The largest absolute Gasteiger partial charge is 0.327 e. The van der Waals surface area contributed by atoms with Crippen LogP contribution in [0.4, 0.5) is 0 Å². The van der Waals surface area contributed by atoms with Gasteiger partial charge in [-0.3, -0.25) is 0 Å². The summed E-state index contributed by atoms with van der Waals surface area (Å²) in [6.07, 6.45) is 3.53. The number of benzene rings is 1. The highest BCUT2D eigenvalue weighted by Gasteiger charge is 2.31. The Hall–Kier alpha value is -0.900. The van der Waals surface area contributed by atoms with Crippen molar-refractivity contribution in [3.8, 4) is 0 Å². The van der Waals surface area contributed by atoms with Crippen molar-refractivity contribution in [3.05, 3.63) is 35.4 Å². The Morgan fingerprint density at radius 2 is 1.47 bits per heavy atom. The van der Waals surface area contributed by atoms with Crippen molar-refractivity contribution in [1.82, 2.24) is 0 Å². The second-order valence-corrected chi connectivity index (χ2v) is 3.97. The first-order chi connectivity index (χ1) is 8.22. The van der Waals surface area contributed by atoms with E-state index < -0.39 is 5.97 Å². The third-order valence-corrected chi connectivity index (χ3v) is 2.93. The number of methoxy groups -OCH3 is 3. The molecule has 0 fully saturated rings. The quantitative estimate of drug-likeness (QED) is 0.683. The molecule has 0 aliphatic rings. The average molecular weight is 238 g/mol. The molecule has 0 N–H and O–H groups in total. The van der Waals surface area contributed by atoms with Gasteiger partial charge in [0.05, 0.1) is 0 Å². The van der Waals surface area contributed by atoms with Gasteiger partial charge >= 0.3 is 5.97 Å². The van der Waals surface area contributed by atoms with Gasteiger partial charge in [-0.25, -0.2) is 0 Å². The molecule has 0 saturated heterocycles. The number of ether oxygens (including phenoxy) is 3. The van der Waals surface area contributed by atoms with Gasteiger partial charge in [0.25, 0.3) is 0 Å². The molecule has 0 spiro atoms. The lowest BCUT2D eigenvalue weighted by Gasteiger charge is -2.29. The zero-order valence-electron chi connectivity index (χ0n) is 11.2. The number of hydrogen-bond donors (Lipinski definition) is 0. The molecule has 96 valence electrons. The lowest BCUT2D eigenvalue weighted by Crippen LogP contribution is -2.32. The van der Waals surface area contributed by atoms with E-state index in [0.29, 0.717) is 0 Å². The normalized spacial score (nSPS) is 11.8. The summed E-state index contributed by atoms with van der Waals surface area (Å²) in [6.45, 7) is 2.19. The fourth-order valence-electron chi connectivity index (χ4n) is 1.86. The smallest absolute Gasteiger partial charge is 0.311 e. The lowest BCUT2D eigenvalue weighted by atomic mass is 10.1. The van der Waals surface area contributed by atoms with Crippen molar-refractivity contribution in [1.29, 1.82) is 0 Å². The van der Waals surface area contributed by atoms with Crippen LogP contribution in [0.5, 0.6) is 0 Å². The Kier molecular flexibility index (Phi) is 5.62. The Balaban J connectivity index is 2.84. The van der Waals surface area contributed by atoms with Gasteiger partial charge in [0, 0.05) is 26.9 Å². The van der Waals surface area contributed by atoms with Crippen LogP contribution in [-0.4, -0.2) is 21.3 Å². The minimum Gasteiger partial charge on any atom is -0.327 e. The summed E-state index contributed by atoms with van der Waals surface area (Å²) in [7, 11) is 4.70. The van der Waals surface area contributed by atoms with Crippen LogP contribution < -0.4 is 0 Å². The summed E-state index contributed by atoms with van der Waals surface area (Å²) in [5.41, 5.74) is 2.19. The van der Waals surface area contributed by atoms with Gasteiger partial charge in [-0.15, -0.1) is 0 Å². The Morgan fingerprint density at radius 3 is 1.88 bits per heavy atom. The van der Waals surface area contributed by atoms with Crippen molar-refractivity contribution < 1.29 is 14.2 Å². The molecule has 3 nitrogen and oxygen atoms in total. The number of hydrogen-bond acceptors (Lipinski definition) is 3. The molecule has 1 aromatic carbocycles. The molecule has 17 heavy (non-hydrogen) atoms. The van der Waals surface area contributed by atoms with Gasteiger partial charge < -0.3 is 14.2 Å². The van der Waals surface area contributed by atoms with Crippen LogP contribution in [0.2, 0.25) is 0 Å². The molecule has 1 rings (SSSR count). The van der Waals surface area contributed by atoms with Gasteiger partial charge in [0.1, 0.15) is 0 Å². The Bertz CT molecular complexity index is 306. The van der Waals surface area contributed by atoms with Crippen LogP contribution in [0.1, 0.15) is 30.9 Å². The predicted octanol–water partition coefficient (Wildman–Crippen LogP) is 3.08. The van der Waals surface area contributed by atoms with Crippen molar-refractivity contribution in [2.45, 2.75) is 32.2 Å². The zero-order valence-corrected chi connectivity index (χ0v) is 11.2. The minimum atomic E-state index is -1.09. The van der Waals surface area contributed by atoms with Crippen molar-refractivity contribution in [2.75, 3.05) is 21.3 Å². The van der Waals surface area contributed by atoms with Gasteiger partial charge in [-0.05, 0) is 18.4 Å². The molecular formula is C14H22O3. The van der Waals surface area contributed by atoms with Crippen LogP contribution in [-0.2, 0) is 26.6 Å². The monoisotopic (exact) mass is 238 g/mol. The maximum absolute atomic E-state index is 5.30. The van der Waals surface area contributed by atoms with Gasteiger partial charge in [0.2, 0.25) is 0 Å². The van der Waals surface area contributed by atoms with E-state index in [4.69, 9.17) is 14.2 Å². The predicted molar refractivity (Wildman–Crippen MR) is 67.8 cm³/mol. The van der Waals surface area contributed by atoms with E-state index in [0.717, 1.165) is 12.0 Å². The van der Waals surface area contributed by atoms with Crippen LogP contribution in [0, 0.1) is 0 Å². The van der Waals surface area contributed by atoms with Crippen molar-refractivity contribution >= 4 is 0 Å². The van der Waals surface area contributed by atoms with E-state index >= 15 is 0 Å². The van der Waals surface area contributed by atoms with Gasteiger partial charge in [-0.1, -0.05) is 37.6 Å². The van der Waals surface area contributed by atoms with Crippen LogP contribution >= 0.6 is 0 Å². The number of unbranched alkanes of at least 4 members (excludes halogenated alkanes) is 1. The van der Waals surface area contributed by atoms with E-state index in [1.807, 2.05) is 12.1 Å². The summed E-state index contributed by atoms with van der Waals surface area (Å²) < 4.78 is 15.9. The number of rotatable bonds is 7. The van der Waals surface area contributed by atoms with E-state index in [-0.39, 0.29) is 0 Å². The first-order valence-corrected chi connectivity index (χ1v) is 5.97. The number of aryl methyl sites for hydroxylation is 1. The first-order valence-electron chi connectivity index (χ1n) is 5.97. The maximum Gasteiger partial charge on any atom is 0.311 e. The molecule has 0 aromatic heterocycles. The van der Waals surface area contributed by atoms with Gasteiger partial charge in [0.15, 0.2) is 0 Å². The van der Waals surface area contributed by atoms with Crippen LogP contribution in [0.25, 0.3) is 0 Å². The average Bonchev–Trinajstić information content (AvgIpc) is 2.40. The second kappa shape index (κ2) is 6.74. The molecule has 0 atom stereocenters. The highest BCUT2D eigenvalue weighted by atomic mass is 16.9. The van der Waals surface area contributed by atoms with Crippen LogP contribution in [0.3, 0.4) is 0 Å². The Labute approximate surface area is 104 Å². The molecule has 0 amide bonds. The van der Waals surface area contributed by atoms with E-state index in [2.05, 4.69) is 19.1 Å². The highest BCUT2D eigenvalue weighted by Crippen LogP contribution is 2.27. The zero-order chi connectivity index (χ0) is 12.7. The Morgan fingerprint density at radius 1 is 0.941 bits per heavy atom. The fourth-order valence-corrected chi connectivity index (χ4v) is 1.86. The summed E-state index contributed by atoms with van der Waals surface area (Å²) in [5, 5.41) is 0. The molecular weight excluding hydrogens is 216 g/mol. The molecule has 0 heterocycles. The van der Waals surface area contributed by atoms with Crippen molar-refractivity contribution in [3.63, 3.8) is 0 Å². The summed E-state index contributed by atoms with van der Waals surface area (Å²) in [5.74, 6) is -1.09. The molecule has 0 radical (unpaired) electrons. The summed E-state index contributed by atoms with van der Waals surface area (Å²) >= 11 is 0. The molecule has 0 aliphatic carbocycles. The standard InChI is InChI=1S/C14H22O3/c1-5-6-7-12-8-10-13(11-9-12)14(15-2,16-3)17-4/h8-11H,5-7H2,1-4H3. The first kappa shape index (κ1) is 14.2. The molecule has 0 saturated carbocycles. The van der Waals surface area contributed by atoms with Crippen LogP contribution in [0.15, 0.2) is 24.3 Å². The van der Waals surface area contributed by atoms with E-state index in [9.17, 15) is 0 Å². The minimum absolute atomic E-state index is 0.866. The highest BCUT2D eigenvalue weighted by molar-refractivity contribution is 5.25. The maximum atomic E-state index is 5.30. The second-order valence-electron chi connectivity index (χ2n) is 3.97. The molecule has 0 aliphatic heterocycles. The van der Waals surface area contributed by atoms with E-state index in [1.165, 1.54) is 18.4 Å². The van der Waals surface area contributed by atoms with Gasteiger partial charge in [-0.2, -0.15) is 0 Å². The third kappa shape index (κ3) is 3.28. The summed E-state index contributed by atoms with van der Waals surface area (Å²) in [6, 6.07) is 8.16. The van der Waals surface area contributed by atoms with E-state index in [1.54, 1.807) is 21.3 Å². The topological polar surface area (TPSA) is 27.7 Å². The SMILES string of the molecule is CCCCc1ccc(C(OC)(OC)OC)cc1. The van der Waals surface area contributed by atoms with Crippen molar-refractivity contribution in [2.24, 2.45) is 0 Å². The molecule has 3 heteroatoms. The third-order valence-electron chi connectivity index (χ3n) is 2.93.